The van der Waals surface area contributed by atoms with Crippen molar-refractivity contribution in [3.8, 4) is 5.75 Å². The number of aromatic nitrogens is 1. The van der Waals surface area contributed by atoms with Gasteiger partial charge >= 0.3 is 0 Å². The summed E-state index contributed by atoms with van der Waals surface area (Å²) in [5, 5.41) is 0. The minimum Gasteiger partial charge on any atom is -0.488 e. The fraction of sp³-hybridized carbons (Fsp3) is 0.250. The molecule has 0 atom stereocenters. The molecule has 0 amide bonds. The van der Waals surface area contributed by atoms with Crippen molar-refractivity contribution in [1.82, 2.24) is 4.57 Å². The van der Waals surface area contributed by atoms with E-state index in [1.165, 1.54) is 29.0 Å². The summed E-state index contributed by atoms with van der Waals surface area (Å²) in [6.45, 7) is 3.65. The molecule has 0 fully saturated rings. The highest BCUT2D eigenvalue weighted by Gasteiger charge is 2.11. The number of nitrogens with zero attached hydrogens (tertiary/aromatic N) is 1. The third kappa shape index (κ3) is 3.37. The number of carbonyl (C=O) groups excluding carboxylic acids is 1. The van der Waals surface area contributed by atoms with Crippen LogP contribution < -0.4 is 10.3 Å². The quantitative estimate of drug-likeness (QED) is 0.795. The monoisotopic (exact) mass is 289 g/mol. The highest BCUT2D eigenvalue weighted by molar-refractivity contribution is 5.96. The number of rotatable bonds is 5. The summed E-state index contributed by atoms with van der Waals surface area (Å²) in [5.74, 6) is -0.404. The number of carbonyl (C=O) groups is 1. The van der Waals surface area contributed by atoms with Gasteiger partial charge in [-0.1, -0.05) is 0 Å². The molecule has 0 spiro atoms. The van der Waals surface area contributed by atoms with Crippen molar-refractivity contribution in [2.24, 2.45) is 0 Å². The van der Waals surface area contributed by atoms with E-state index in [0.717, 1.165) is 0 Å². The van der Waals surface area contributed by atoms with Crippen molar-refractivity contribution < 1.29 is 13.9 Å². The molecule has 2 rings (SSSR count). The van der Waals surface area contributed by atoms with Crippen molar-refractivity contribution in [2.75, 3.05) is 6.61 Å². The number of benzene rings is 1. The van der Waals surface area contributed by atoms with Gasteiger partial charge in [-0.15, -0.1) is 0 Å². The van der Waals surface area contributed by atoms with Crippen molar-refractivity contribution in [3.05, 3.63) is 63.8 Å². The van der Waals surface area contributed by atoms with Gasteiger partial charge in [-0.25, -0.2) is 4.39 Å². The zero-order chi connectivity index (χ0) is 15.4. The molecule has 0 aliphatic carbocycles. The Morgan fingerprint density at radius 2 is 2.10 bits per heavy atom. The Hall–Kier alpha value is -2.43. The molecule has 4 nitrogen and oxygen atoms in total. The lowest BCUT2D eigenvalue weighted by Gasteiger charge is -2.08. The van der Waals surface area contributed by atoms with E-state index in [1.54, 1.807) is 26.0 Å². The first-order valence-corrected chi connectivity index (χ1v) is 6.64. The summed E-state index contributed by atoms with van der Waals surface area (Å²) in [5.41, 5.74) is 0.422. The van der Waals surface area contributed by atoms with Gasteiger partial charge in [0.15, 0.2) is 11.5 Å². The Morgan fingerprint density at radius 3 is 2.76 bits per heavy atom. The molecule has 0 radical (unpaired) electrons. The Kier molecular flexibility index (Phi) is 4.52. The van der Waals surface area contributed by atoms with E-state index < -0.39 is 0 Å². The first-order valence-electron chi connectivity index (χ1n) is 6.64. The van der Waals surface area contributed by atoms with E-state index in [2.05, 4.69) is 0 Å². The second-order valence-electron chi connectivity index (χ2n) is 4.63. The largest absolute Gasteiger partial charge is 0.488 e. The molecule has 0 aliphatic heterocycles. The molecule has 0 unspecified atom stereocenters. The van der Waals surface area contributed by atoms with Crippen LogP contribution in [0, 0.1) is 12.7 Å². The second-order valence-corrected chi connectivity index (χ2v) is 4.63. The number of aryl methyl sites for hydroxylation is 1. The van der Waals surface area contributed by atoms with Gasteiger partial charge in [-0.3, -0.25) is 9.59 Å². The highest BCUT2D eigenvalue weighted by Crippen LogP contribution is 2.11. The van der Waals surface area contributed by atoms with Crippen LogP contribution in [-0.4, -0.2) is 17.0 Å². The number of hydrogen-bond donors (Lipinski definition) is 0. The summed E-state index contributed by atoms with van der Waals surface area (Å²) >= 11 is 0. The van der Waals surface area contributed by atoms with Crippen LogP contribution in [0.3, 0.4) is 0 Å². The third-order valence-electron chi connectivity index (χ3n) is 3.08. The summed E-state index contributed by atoms with van der Waals surface area (Å²) in [7, 11) is 0. The molecule has 5 heteroatoms. The molecule has 110 valence electrons. The Labute approximate surface area is 121 Å². The zero-order valence-corrected chi connectivity index (χ0v) is 11.9. The van der Waals surface area contributed by atoms with Crippen LogP contribution in [0.25, 0.3) is 0 Å². The molecule has 1 aromatic carbocycles. The maximum absolute atomic E-state index is 13.2. The molecule has 0 bridgehead atoms. The van der Waals surface area contributed by atoms with Crippen LogP contribution in [0.15, 0.2) is 41.3 Å². The predicted molar refractivity (Wildman–Crippen MR) is 77.3 cm³/mol. The van der Waals surface area contributed by atoms with Gasteiger partial charge in [0.1, 0.15) is 5.82 Å². The van der Waals surface area contributed by atoms with E-state index in [9.17, 15) is 14.0 Å². The maximum atomic E-state index is 13.2. The highest BCUT2D eigenvalue weighted by atomic mass is 19.1. The van der Waals surface area contributed by atoms with E-state index >= 15 is 0 Å². The average molecular weight is 289 g/mol. The molecule has 1 aromatic heterocycles. The third-order valence-corrected chi connectivity index (χ3v) is 3.08. The van der Waals surface area contributed by atoms with Crippen LogP contribution in [-0.2, 0) is 6.54 Å². The zero-order valence-electron chi connectivity index (χ0n) is 11.9. The summed E-state index contributed by atoms with van der Waals surface area (Å²) in [6, 6.07) is 7.36. The lowest BCUT2D eigenvalue weighted by molar-refractivity contribution is 0.0970. The fourth-order valence-corrected chi connectivity index (χ4v) is 1.97. The van der Waals surface area contributed by atoms with Gasteiger partial charge in [0.05, 0.1) is 13.2 Å². The predicted octanol–water partition coefficient (Wildman–Crippen LogP) is 2.58. The average Bonchev–Trinajstić information content (AvgIpc) is 2.46. The number of halogens is 1. The van der Waals surface area contributed by atoms with Crippen LogP contribution >= 0.6 is 0 Å². The molecular weight excluding hydrogens is 273 g/mol. The lowest BCUT2D eigenvalue weighted by Crippen LogP contribution is -2.25. The second kappa shape index (κ2) is 6.35. The van der Waals surface area contributed by atoms with Crippen LogP contribution in [0.2, 0.25) is 0 Å². The van der Waals surface area contributed by atoms with Gasteiger partial charge in [0.2, 0.25) is 0 Å². The maximum Gasteiger partial charge on any atom is 0.293 e. The van der Waals surface area contributed by atoms with Gasteiger partial charge in [0, 0.05) is 11.8 Å². The van der Waals surface area contributed by atoms with Gasteiger partial charge < -0.3 is 9.30 Å². The Balaban J connectivity index is 2.25. The molecule has 0 aliphatic rings. The van der Waals surface area contributed by atoms with E-state index in [4.69, 9.17) is 4.74 Å². The van der Waals surface area contributed by atoms with Gasteiger partial charge in [-0.05, 0) is 49.7 Å². The number of ketones is 1. The fourth-order valence-electron chi connectivity index (χ4n) is 1.97. The number of ether oxygens (including phenoxy) is 1. The Morgan fingerprint density at radius 1 is 1.33 bits per heavy atom. The van der Waals surface area contributed by atoms with Gasteiger partial charge in [0.25, 0.3) is 5.56 Å². The lowest BCUT2D eigenvalue weighted by atomic mass is 10.1. The summed E-state index contributed by atoms with van der Waals surface area (Å²) in [6.07, 6.45) is 1.53. The van der Waals surface area contributed by atoms with Crippen molar-refractivity contribution in [3.63, 3.8) is 0 Å². The first-order chi connectivity index (χ1) is 10.0. The molecule has 21 heavy (non-hydrogen) atoms. The number of hydrogen-bond acceptors (Lipinski definition) is 3. The topological polar surface area (TPSA) is 48.3 Å². The standard InChI is InChI=1S/C16H16FNO3/c1-3-21-15-5-4-8-18(16(15)20)10-14(19)12-6-7-13(17)11(2)9-12/h4-9H,3,10H2,1-2H3. The van der Waals surface area contributed by atoms with Crippen LogP contribution in [0.5, 0.6) is 5.75 Å². The first kappa shape index (κ1) is 15.0. The van der Waals surface area contributed by atoms with E-state index in [-0.39, 0.29) is 29.5 Å². The summed E-state index contributed by atoms with van der Waals surface area (Å²) < 4.78 is 19.7. The van der Waals surface area contributed by atoms with Gasteiger partial charge in [-0.2, -0.15) is 0 Å². The SMILES string of the molecule is CCOc1cccn(CC(=O)c2ccc(F)c(C)c2)c1=O. The molecule has 0 saturated carbocycles. The molecule has 0 saturated heterocycles. The van der Waals surface area contributed by atoms with E-state index in [0.29, 0.717) is 17.7 Å². The number of Topliss-reactive ketones (excluding diaryl/α,β-unsaturated/α-hetero) is 1. The van der Waals surface area contributed by atoms with Crippen molar-refractivity contribution in [2.45, 2.75) is 20.4 Å². The summed E-state index contributed by atoms with van der Waals surface area (Å²) in [4.78, 5) is 24.2. The molecular formula is C16H16FNO3. The normalized spacial score (nSPS) is 10.4. The molecule has 1 heterocycles. The molecule has 0 N–H and O–H groups in total. The van der Waals surface area contributed by atoms with Crippen molar-refractivity contribution >= 4 is 5.78 Å². The Bertz CT molecular complexity index is 722. The number of pyridine rings is 1. The van der Waals surface area contributed by atoms with E-state index in [1.807, 2.05) is 0 Å². The minimum absolute atomic E-state index is 0.106. The minimum atomic E-state index is -0.359. The van der Waals surface area contributed by atoms with Crippen LogP contribution in [0.4, 0.5) is 4.39 Å². The smallest absolute Gasteiger partial charge is 0.293 e. The van der Waals surface area contributed by atoms with Crippen LogP contribution in [0.1, 0.15) is 22.8 Å². The molecule has 2 aromatic rings. The van der Waals surface area contributed by atoms with Crippen molar-refractivity contribution in [1.29, 1.82) is 0 Å².